The van der Waals surface area contributed by atoms with Crippen LogP contribution in [0, 0.1) is 12.7 Å². The highest BCUT2D eigenvalue weighted by atomic mass is 32.1. The number of thiazole rings is 1. The van der Waals surface area contributed by atoms with Crippen LogP contribution in [0.2, 0.25) is 0 Å². The Kier molecular flexibility index (Phi) is 4.18. The Labute approximate surface area is 151 Å². The number of aryl methyl sites for hydroxylation is 1. The Morgan fingerprint density at radius 3 is 2.88 bits per heavy atom. The summed E-state index contributed by atoms with van der Waals surface area (Å²) in [5.41, 5.74) is 1.93. The van der Waals surface area contributed by atoms with E-state index in [2.05, 4.69) is 15.1 Å². The van der Waals surface area contributed by atoms with E-state index in [1.807, 2.05) is 12.1 Å². The Hall–Kier alpha value is -3.13. The van der Waals surface area contributed by atoms with E-state index < -0.39 is 0 Å². The predicted molar refractivity (Wildman–Crippen MR) is 95.6 cm³/mol. The number of pyridine rings is 1. The smallest absolute Gasteiger partial charge is 0.299 e. The van der Waals surface area contributed by atoms with E-state index in [1.54, 1.807) is 31.3 Å². The lowest BCUT2D eigenvalue weighted by Crippen LogP contribution is -2.30. The molecule has 0 bridgehead atoms. The number of aromatic nitrogens is 3. The second kappa shape index (κ2) is 6.64. The molecule has 0 N–H and O–H groups in total. The molecule has 0 unspecified atom stereocenters. The average molecular weight is 368 g/mol. The molecule has 0 aliphatic carbocycles. The van der Waals surface area contributed by atoms with Gasteiger partial charge < -0.3 is 4.52 Å². The largest absolute Gasteiger partial charge is 0.351 e. The van der Waals surface area contributed by atoms with Gasteiger partial charge in [0, 0.05) is 12.3 Å². The number of carbonyl (C=O) groups excluding carboxylic acids is 1. The third-order valence-electron chi connectivity index (χ3n) is 3.70. The minimum atomic E-state index is -0.379. The van der Waals surface area contributed by atoms with Crippen LogP contribution in [0.1, 0.15) is 21.9 Å². The van der Waals surface area contributed by atoms with E-state index in [0.717, 1.165) is 0 Å². The molecule has 130 valence electrons. The molecule has 3 heterocycles. The molecule has 0 saturated heterocycles. The van der Waals surface area contributed by atoms with Crippen molar-refractivity contribution in [2.24, 2.45) is 0 Å². The van der Waals surface area contributed by atoms with E-state index in [9.17, 15) is 9.18 Å². The van der Waals surface area contributed by atoms with Gasteiger partial charge in [-0.2, -0.15) is 0 Å². The molecule has 26 heavy (non-hydrogen) atoms. The summed E-state index contributed by atoms with van der Waals surface area (Å²) in [4.78, 5) is 23.2. The highest BCUT2D eigenvalue weighted by molar-refractivity contribution is 7.22. The monoisotopic (exact) mass is 368 g/mol. The van der Waals surface area contributed by atoms with Gasteiger partial charge in [-0.3, -0.25) is 14.7 Å². The van der Waals surface area contributed by atoms with Crippen LogP contribution >= 0.6 is 11.3 Å². The summed E-state index contributed by atoms with van der Waals surface area (Å²) in [7, 11) is 0. The zero-order chi connectivity index (χ0) is 18.1. The van der Waals surface area contributed by atoms with Crippen LogP contribution in [-0.4, -0.2) is 21.0 Å². The van der Waals surface area contributed by atoms with Gasteiger partial charge in [-0.1, -0.05) is 22.6 Å². The van der Waals surface area contributed by atoms with Crippen molar-refractivity contribution < 1.29 is 13.7 Å². The number of hydrogen-bond acceptors (Lipinski definition) is 6. The maximum atomic E-state index is 13.5. The van der Waals surface area contributed by atoms with Crippen LogP contribution in [0.4, 0.5) is 9.52 Å². The molecule has 0 radical (unpaired) electrons. The van der Waals surface area contributed by atoms with Crippen molar-refractivity contribution in [1.29, 1.82) is 0 Å². The quantitative estimate of drug-likeness (QED) is 0.545. The van der Waals surface area contributed by atoms with Gasteiger partial charge in [-0.25, -0.2) is 9.37 Å². The van der Waals surface area contributed by atoms with Crippen LogP contribution < -0.4 is 4.90 Å². The minimum Gasteiger partial charge on any atom is -0.351 e. The summed E-state index contributed by atoms with van der Waals surface area (Å²) < 4.78 is 19.3. The van der Waals surface area contributed by atoms with Crippen molar-refractivity contribution in [2.75, 3.05) is 4.90 Å². The first kappa shape index (κ1) is 16.3. The van der Waals surface area contributed by atoms with Crippen LogP contribution in [0.25, 0.3) is 10.2 Å². The molecule has 1 aromatic carbocycles. The van der Waals surface area contributed by atoms with Crippen molar-refractivity contribution in [3.05, 3.63) is 71.6 Å². The van der Waals surface area contributed by atoms with E-state index in [1.165, 1.54) is 28.4 Å². The zero-order valence-corrected chi connectivity index (χ0v) is 14.5. The minimum absolute atomic E-state index is 0.115. The molecule has 4 rings (SSSR count). The summed E-state index contributed by atoms with van der Waals surface area (Å²) in [5.74, 6) is -0.610. The number of nitrogens with zero attached hydrogens (tertiary/aromatic N) is 4. The van der Waals surface area contributed by atoms with Gasteiger partial charge in [-0.15, -0.1) is 0 Å². The van der Waals surface area contributed by atoms with Crippen LogP contribution in [0.15, 0.2) is 53.2 Å². The second-order valence-corrected chi connectivity index (χ2v) is 6.66. The fourth-order valence-electron chi connectivity index (χ4n) is 2.48. The van der Waals surface area contributed by atoms with Crippen LogP contribution in [-0.2, 0) is 6.54 Å². The molecule has 4 aromatic rings. The first-order valence-corrected chi connectivity index (χ1v) is 8.63. The first-order chi connectivity index (χ1) is 12.6. The number of rotatable bonds is 4. The average Bonchev–Trinajstić information content (AvgIpc) is 3.25. The molecule has 0 atom stereocenters. The van der Waals surface area contributed by atoms with Gasteiger partial charge >= 0.3 is 0 Å². The second-order valence-electron chi connectivity index (χ2n) is 5.65. The van der Waals surface area contributed by atoms with Gasteiger partial charge in [0.1, 0.15) is 5.82 Å². The van der Waals surface area contributed by atoms with Gasteiger partial charge in [0.15, 0.2) is 5.13 Å². The SMILES string of the molecule is Cc1cc(C(=O)N(Cc2ccccn2)c2nc3ccc(F)cc3s2)on1. The molecule has 1 amide bonds. The Bertz CT molecular complexity index is 1080. The van der Waals surface area contributed by atoms with E-state index in [4.69, 9.17) is 4.52 Å². The van der Waals surface area contributed by atoms with Crippen LogP contribution in [0.3, 0.4) is 0 Å². The van der Waals surface area contributed by atoms with Crippen molar-refractivity contribution >= 4 is 32.6 Å². The van der Waals surface area contributed by atoms with Gasteiger partial charge in [-0.05, 0) is 37.3 Å². The number of carbonyl (C=O) groups is 1. The fraction of sp³-hybridized carbons (Fsp3) is 0.111. The third-order valence-corrected chi connectivity index (χ3v) is 4.74. The third kappa shape index (κ3) is 3.18. The fourth-order valence-corrected chi connectivity index (χ4v) is 3.47. The first-order valence-electron chi connectivity index (χ1n) is 7.81. The van der Waals surface area contributed by atoms with Gasteiger partial charge in [0.2, 0.25) is 5.76 Å². The summed E-state index contributed by atoms with van der Waals surface area (Å²) in [5, 5.41) is 4.21. The standard InChI is InChI=1S/C18H13FN4O2S/c1-11-8-15(25-22-11)17(24)23(10-13-4-2-3-7-20-13)18-21-14-6-5-12(19)9-16(14)26-18/h2-9H,10H2,1H3. The van der Waals surface area contributed by atoms with E-state index in [0.29, 0.717) is 26.7 Å². The topological polar surface area (TPSA) is 72.1 Å². The summed E-state index contributed by atoms with van der Waals surface area (Å²) >= 11 is 1.23. The Balaban J connectivity index is 1.76. The molecule has 0 aliphatic heterocycles. The molecular weight excluding hydrogens is 355 g/mol. The zero-order valence-electron chi connectivity index (χ0n) is 13.7. The lowest BCUT2D eigenvalue weighted by Gasteiger charge is -2.17. The Morgan fingerprint density at radius 1 is 1.27 bits per heavy atom. The number of hydrogen-bond donors (Lipinski definition) is 0. The number of amides is 1. The Morgan fingerprint density at radius 2 is 2.15 bits per heavy atom. The highest BCUT2D eigenvalue weighted by Gasteiger charge is 2.25. The van der Waals surface area contributed by atoms with Crippen molar-refractivity contribution in [3.63, 3.8) is 0 Å². The van der Waals surface area contributed by atoms with Crippen molar-refractivity contribution in [1.82, 2.24) is 15.1 Å². The van der Waals surface area contributed by atoms with Gasteiger partial charge in [0.25, 0.3) is 5.91 Å². The van der Waals surface area contributed by atoms with Crippen molar-refractivity contribution in [2.45, 2.75) is 13.5 Å². The summed E-state index contributed by atoms with van der Waals surface area (Å²) in [6.45, 7) is 1.95. The predicted octanol–water partition coefficient (Wildman–Crippen LogP) is 3.97. The molecule has 0 spiro atoms. The van der Waals surface area contributed by atoms with E-state index >= 15 is 0 Å². The summed E-state index contributed by atoms with van der Waals surface area (Å²) in [6, 6.07) is 11.4. The van der Waals surface area contributed by atoms with Gasteiger partial charge in [0.05, 0.1) is 28.1 Å². The molecule has 0 fully saturated rings. The number of benzene rings is 1. The molecule has 8 heteroatoms. The van der Waals surface area contributed by atoms with Crippen molar-refractivity contribution in [3.8, 4) is 0 Å². The molecule has 3 aromatic heterocycles. The highest BCUT2D eigenvalue weighted by Crippen LogP contribution is 2.31. The lowest BCUT2D eigenvalue weighted by molar-refractivity contribution is 0.0949. The molecule has 0 saturated carbocycles. The maximum absolute atomic E-state index is 13.5. The number of fused-ring (bicyclic) bond motifs is 1. The van der Waals surface area contributed by atoms with Crippen LogP contribution in [0.5, 0.6) is 0 Å². The van der Waals surface area contributed by atoms with E-state index in [-0.39, 0.29) is 24.0 Å². The normalized spacial score (nSPS) is 11.0. The molecular formula is C18H13FN4O2S. The number of halogens is 1. The molecule has 0 aliphatic rings. The maximum Gasteiger partial charge on any atom is 0.299 e. The number of anilines is 1. The summed E-state index contributed by atoms with van der Waals surface area (Å²) in [6.07, 6.45) is 1.66. The lowest BCUT2D eigenvalue weighted by atomic mass is 10.3. The molecule has 6 nitrogen and oxygen atoms in total.